The van der Waals surface area contributed by atoms with Crippen molar-refractivity contribution in [3.05, 3.63) is 0 Å². The lowest BCUT2D eigenvalue weighted by atomic mass is 9.98. The van der Waals surface area contributed by atoms with Crippen molar-refractivity contribution in [3.8, 4) is 0 Å². The maximum Gasteiger partial charge on any atom is 0.222 e. The molecule has 0 bridgehead atoms. The molecule has 6 heteroatoms. The van der Waals surface area contributed by atoms with Crippen LogP contribution in [0.25, 0.3) is 0 Å². The molecule has 0 fully saturated rings. The summed E-state index contributed by atoms with van der Waals surface area (Å²) in [6.07, 6.45) is 2.22. The summed E-state index contributed by atoms with van der Waals surface area (Å²) in [7, 11) is 0. The van der Waals surface area contributed by atoms with E-state index in [1.807, 2.05) is 41.5 Å². The minimum absolute atomic E-state index is 0.0672. The van der Waals surface area contributed by atoms with Crippen molar-refractivity contribution in [1.82, 2.24) is 10.6 Å². The van der Waals surface area contributed by atoms with Gasteiger partial charge in [-0.1, -0.05) is 34.6 Å². The Bertz CT molecular complexity index is 436. The lowest BCUT2D eigenvalue weighted by Crippen LogP contribution is -2.46. The third kappa shape index (κ3) is 12.9. The number of hydrogen-bond acceptors (Lipinski definition) is 5. The van der Waals surface area contributed by atoms with Crippen LogP contribution >= 0.6 is 0 Å². The first kappa shape index (κ1) is 26.0. The largest absolute Gasteiger partial charge is 0.378 e. The van der Waals surface area contributed by atoms with Gasteiger partial charge in [0.1, 0.15) is 0 Å². The lowest BCUT2D eigenvalue weighted by molar-refractivity contribution is -0.129. The molecule has 0 saturated heterocycles. The molecule has 0 heterocycles. The number of carbonyl (C=O) groups excluding carboxylic acids is 2. The molecule has 1 amide bonds. The second-order valence-electron chi connectivity index (χ2n) is 8.43. The highest BCUT2D eigenvalue weighted by molar-refractivity contribution is 5.90. The van der Waals surface area contributed by atoms with Crippen molar-refractivity contribution in [3.63, 3.8) is 0 Å². The summed E-state index contributed by atoms with van der Waals surface area (Å²) in [6, 6.07) is -0.299. The smallest absolute Gasteiger partial charge is 0.222 e. The molecule has 1 unspecified atom stereocenters. The van der Waals surface area contributed by atoms with Gasteiger partial charge in [-0.15, -0.1) is 0 Å². The molecular formula is C21H42N2O4. The van der Waals surface area contributed by atoms with Crippen molar-refractivity contribution in [2.24, 2.45) is 5.92 Å². The zero-order valence-electron chi connectivity index (χ0n) is 18.7. The summed E-state index contributed by atoms with van der Waals surface area (Å²) < 4.78 is 11.6. The van der Waals surface area contributed by atoms with E-state index in [1.54, 1.807) is 0 Å². The minimum atomic E-state index is -0.444. The molecule has 2 N–H and O–H groups in total. The predicted octanol–water partition coefficient (Wildman–Crippen LogP) is 3.08. The number of nitrogens with one attached hydrogen (secondary N) is 2. The Labute approximate surface area is 166 Å². The maximum absolute atomic E-state index is 12.3. The summed E-state index contributed by atoms with van der Waals surface area (Å²) in [5.74, 6) is -0.169. The first-order valence-corrected chi connectivity index (χ1v) is 10.3. The SMILES string of the molecule is CCC(C)OCCC(C)(C)OCCNC(=O)C[C@H](NC(C)C)C(=O)C(C)C. The van der Waals surface area contributed by atoms with Crippen LogP contribution in [0.5, 0.6) is 0 Å². The van der Waals surface area contributed by atoms with Crippen LogP contribution in [0, 0.1) is 5.92 Å². The van der Waals surface area contributed by atoms with Crippen LogP contribution in [-0.4, -0.2) is 55.2 Å². The molecule has 0 aliphatic rings. The van der Waals surface area contributed by atoms with Gasteiger partial charge in [-0.2, -0.15) is 0 Å². The topological polar surface area (TPSA) is 76.7 Å². The van der Waals surface area contributed by atoms with E-state index in [0.717, 1.165) is 12.8 Å². The molecule has 160 valence electrons. The molecule has 6 nitrogen and oxygen atoms in total. The predicted molar refractivity (Wildman–Crippen MR) is 110 cm³/mol. The Hall–Kier alpha value is -0.980. The zero-order valence-corrected chi connectivity index (χ0v) is 18.7. The molecule has 0 spiro atoms. The van der Waals surface area contributed by atoms with Gasteiger partial charge < -0.3 is 20.1 Å². The highest BCUT2D eigenvalue weighted by Crippen LogP contribution is 2.15. The summed E-state index contributed by atoms with van der Waals surface area (Å²) in [5.41, 5.74) is -0.298. The molecule has 2 atom stereocenters. The van der Waals surface area contributed by atoms with Crippen molar-refractivity contribution >= 4 is 11.7 Å². The average Bonchev–Trinajstić information content (AvgIpc) is 2.56. The zero-order chi connectivity index (χ0) is 21.0. The first-order chi connectivity index (χ1) is 12.5. The van der Waals surface area contributed by atoms with E-state index in [1.165, 1.54) is 0 Å². The van der Waals surface area contributed by atoms with E-state index in [9.17, 15) is 9.59 Å². The number of carbonyl (C=O) groups is 2. The average molecular weight is 387 g/mol. The van der Waals surface area contributed by atoms with E-state index in [-0.39, 0.29) is 41.8 Å². The Balaban J connectivity index is 4.20. The van der Waals surface area contributed by atoms with Crippen LogP contribution in [0.1, 0.15) is 74.7 Å². The second kappa shape index (κ2) is 13.2. The van der Waals surface area contributed by atoms with E-state index < -0.39 is 6.04 Å². The first-order valence-electron chi connectivity index (χ1n) is 10.3. The van der Waals surface area contributed by atoms with E-state index >= 15 is 0 Å². The fourth-order valence-electron chi connectivity index (χ4n) is 2.52. The molecule has 27 heavy (non-hydrogen) atoms. The molecule has 0 rings (SSSR count). The van der Waals surface area contributed by atoms with Crippen LogP contribution in [-0.2, 0) is 19.1 Å². The number of hydrogen-bond donors (Lipinski definition) is 2. The number of ketones is 1. The van der Waals surface area contributed by atoms with Gasteiger partial charge in [0, 0.05) is 31.5 Å². The molecule has 0 aliphatic carbocycles. The molecule has 0 radical (unpaired) electrons. The number of Topliss-reactive ketones (excluding diaryl/α,β-unsaturated/α-hetero) is 1. The molecule has 0 saturated carbocycles. The highest BCUT2D eigenvalue weighted by Gasteiger charge is 2.24. The van der Waals surface area contributed by atoms with E-state index in [0.29, 0.717) is 19.8 Å². The molecule has 0 aliphatic heterocycles. The van der Waals surface area contributed by atoms with Gasteiger partial charge in [-0.05, 0) is 33.6 Å². The van der Waals surface area contributed by atoms with Gasteiger partial charge in [0.2, 0.25) is 5.91 Å². The minimum Gasteiger partial charge on any atom is -0.378 e. The second-order valence-corrected chi connectivity index (χ2v) is 8.43. The van der Waals surface area contributed by atoms with Gasteiger partial charge in [-0.25, -0.2) is 0 Å². The van der Waals surface area contributed by atoms with E-state index in [2.05, 4.69) is 24.5 Å². The quantitative estimate of drug-likeness (QED) is 0.423. The molecule has 0 aromatic rings. The van der Waals surface area contributed by atoms with Crippen molar-refractivity contribution in [1.29, 1.82) is 0 Å². The van der Waals surface area contributed by atoms with Gasteiger partial charge in [-0.3, -0.25) is 9.59 Å². The third-order valence-electron chi connectivity index (χ3n) is 4.43. The third-order valence-corrected chi connectivity index (χ3v) is 4.43. The Morgan fingerprint density at radius 3 is 2.19 bits per heavy atom. The number of amides is 1. The summed E-state index contributed by atoms with van der Waals surface area (Å²) in [5, 5.41) is 6.04. The highest BCUT2D eigenvalue weighted by atomic mass is 16.5. The Morgan fingerprint density at radius 2 is 1.67 bits per heavy atom. The molecule has 0 aromatic carbocycles. The normalized spacial score (nSPS) is 14.4. The van der Waals surface area contributed by atoms with Crippen molar-refractivity contribution in [2.75, 3.05) is 19.8 Å². The maximum atomic E-state index is 12.3. The van der Waals surface area contributed by atoms with Gasteiger partial charge in [0.05, 0.1) is 24.4 Å². The van der Waals surface area contributed by atoms with E-state index in [4.69, 9.17) is 9.47 Å². The fourth-order valence-corrected chi connectivity index (χ4v) is 2.52. The van der Waals surface area contributed by atoms with Crippen LogP contribution < -0.4 is 10.6 Å². The number of ether oxygens (including phenoxy) is 2. The van der Waals surface area contributed by atoms with Crippen molar-refractivity contribution in [2.45, 2.75) is 98.4 Å². The summed E-state index contributed by atoms with van der Waals surface area (Å²) in [6.45, 7) is 17.4. The lowest BCUT2D eigenvalue weighted by Gasteiger charge is -2.26. The summed E-state index contributed by atoms with van der Waals surface area (Å²) in [4.78, 5) is 24.5. The van der Waals surface area contributed by atoms with Gasteiger partial charge in [0.25, 0.3) is 0 Å². The Morgan fingerprint density at radius 1 is 1.04 bits per heavy atom. The Kier molecular flexibility index (Phi) is 12.8. The standard InChI is InChI=1S/C21H42N2O4/c1-9-17(6)26-12-10-21(7,8)27-13-11-22-19(24)14-18(23-16(4)5)20(25)15(2)3/h15-18,23H,9-14H2,1-8H3,(H,22,24)/t17?,18-/m0/s1. The van der Waals surface area contributed by atoms with Crippen LogP contribution in [0.2, 0.25) is 0 Å². The number of rotatable bonds is 15. The van der Waals surface area contributed by atoms with Gasteiger partial charge >= 0.3 is 0 Å². The van der Waals surface area contributed by atoms with Crippen LogP contribution in [0.4, 0.5) is 0 Å². The fraction of sp³-hybridized carbons (Fsp3) is 0.905. The van der Waals surface area contributed by atoms with Crippen molar-refractivity contribution < 1.29 is 19.1 Å². The van der Waals surface area contributed by atoms with Gasteiger partial charge in [0.15, 0.2) is 5.78 Å². The summed E-state index contributed by atoms with van der Waals surface area (Å²) >= 11 is 0. The molecular weight excluding hydrogens is 344 g/mol. The monoisotopic (exact) mass is 386 g/mol. The molecule has 0 aromatic heterocycles. The van der Waals surface area contributed by atoms with Crippen LogP contribution in [0.3, 0.4) is 0 Å². The van der Waals surface area contributed by atoms with Crippen LogP contribution in [0.15, 0.2) is 0 Å².